The fraction of sp³-hybridized carbons (Fsp3) is 0.286. The van der Waals surface area contributed by atoms with E-state index in [4.69, 9.17) is 16.3 Å². The van der Waals surface area contributed by atoms with E-state index >= 15 is 0 Å². The molecule has 0 saturated heterocycles. The van der Waals surface area contributed by atoms with Gasteiger partial charge in [-0.05, 0) is 37.1 Å². The molecule has 106 valence electrons. The maximum Gasteiger partial charge on any atom is 0.226 e. The molecule has 2 aromatic rings. The van der Waals surface area contributed by atoms with Gasteiger partial charge in [-0.15, -0.1) is 11.3 Å². The summed E-state index contributed by atoms with van der Waals surface area (Å²) in [5.41, 5.74) is 0.990. The van der Waals surface area contributed by atoms with Crippen molar-refractivity contribution in [3.05, 3.63) is 40.4 Å². The quantitative estimate of drug-likeness (QED) is 0.823. The molecule has 1 amide bonds. The van der Waals surface area contributed by atoms with Crippen LogP contribution in [-0.4, -0.2) is 17.5 Å². The number of thiazole rings is 1. The molecule has 2 rings (SSSR count). The van der Waals surface area contributed by atoms with Gasteiger partial charge in [0.2, 0.25) is 5.91 Å². The molecule has 0 saturated carbocycles. The van der Waals surface area contributed by atoms with Crippen LogP contribution in [0.15, 0.2) is 29.8 Å². The van der Waals surface area contributed by atoms with Crippen molar-refractivity contribution in [2.45, 2.75) is 19.8 Å². The van der Waals surface area contributed by atoms with Gasteiger partial charge in [0, 0.05) is 23.0 Å². The van der Waals surface area contributed by atoms with Crippen LogP contribution >= 0.6 is 22.9 Å². The van der Waals surface area contributed by atoms with Crippen molar-refractivity contribution in [1.82, 2.24) is 4.98 Å². The summed E-state index contributed by atoms with van der Waals surface area (Å²) in [4.78, 5) is 15.6. The average molecular weight is 311 g/mol. The van der Waals surface area contributed by atoms with Crippen molar-refractivity contribution in [1.29, 1.82) is 0 Å². The summed E-state index contributed by atoms with van der Waals surface area (Å²) in [5, 5.41) is 5.88. The molecule has 20 heavy (non-hydrogen) atoms. The largest absolute Gasteiger partial charge is 0.493 e. The molecular weight excluding hydrogens is 296 g/mol. The topological polar surface area (TPSA) is 51.2 Å². The molecule has 0 aliphatic rings. The number of aryl methyl sites for hydroxylation is 1. The third-order valence-electron chi connectivity index (χ3n) is 2.62. The van der Waals surface area contributed by atoms with Crippen LogP contribution in [0.5, 0.6) is 5.75 Å². The van der Waals surface area contributed by atoms with Gasteiger partial charge in [0.1, 0.15) is 5.75 Å². The summed E-state index contributed by atoms with van der Waals surface area (Å²) in [6.45, 7) is 2.43. The van der Waals surface area contributed by atoms with E-state index in [9.17, 15) is 4.79 Å². The van der Waals surface area contributed by atoms with Gasteiger partial charge in [-0.25, -0.2) is 4.98 Å². The summed E-state index contributed by atoms with van der Waals surface area (Å²) < 4.78 is 5.63. The van der Waals surface area contributed by atoms with Gasteiger partial charge in [-0.1, -0.05) is 11.6 Å². The SMILES string of the molecule is Cc1cc(Cl)ccc1OCCCC(=O)Nc1nccs1. The Bertz CT molecular complexity index is 573. The van der Waals surface area contributed by atoms with Crippen molar-refractivity contribution in [2.75, 3.05) is 11.9 Å². The van der Waals surface area contributed by atoms with Gasteiger partial charge in [0.25, 0.3) is 0 Å². The Labute approximate surface area is 126 Å². The van der Waals surface area contributed by atoms with Gasteiger partial charge in [-0.2, -0.15) is 0 Å². The molecule has 1 N–H and O–H groups in total. The summed E-state index contributed by atoms with van der Waals surface area (Å²) in [5.74, 6) is 0.756. The first kappa shape index (κ1) is 14.8. The summed E-state index contributed by atoms with van der Waals surface area (Å²) in [7, 11) is 0. The van der Waals surface area contributed by atoms with E-state index in [-0.39, 0.29) is 5.91 Å². The highest BCUT2D eigenvalue weighted by atomic mass is 35.5. The first-order valence-corrected chi connectivity index (χ1v) is 7.49. The molecule has 1 aromatic heterocycles. The number of hydrogen-bond acceptors (Lipinski definition) is 4. The molecule has 0 spiro atoms. The van der Waals surface area contributed by atoms with Gasteiger partial charge in [-0.3, -0.25) is 4.79 Å². The Balaban J connectivity index is 1.69. The van der Waals surface area contributed by atoms with Crippen LogP contribution in [0.25, 0.3) is 0 Å². The molecule has 0 aliphatic heterocycles. The van der Waals surface area contributed by atoms with E-state index in [1.54, 1.807) is 12.3 Å². The number of halogens is 1. The van der Waals surface area contributed by atoms with Crippen LogP contribution in [0.2, 0.25) is 5.02 Å². The molecular formula is C14H15ClN2O2S. The number of hydrogen-bond donors (Lipinski definition) is 1. The van der Waals surface area contributed by atoms with Gasteiger partial charge < -0.3 is 10.1 Å². The summed E-state index contributed by atoms with van der Waals surface area (Å²) >= 11 is 7.28. The van der Waals surface area contributed by atoms with E-state index in [2.05, 4.69) is 10.3 Å². The Morgan fingerprint density at radius 1 is 1.50 bits per heavy atom. The number of nitrogens with one attached hydrogen (secondary N) is 1. The van der Waals surface area contributed by atoms with Crippen LogP contribution in [0, 0.1) is 6.92 Å². The zero-order valence-electron chi connectivity index (χ0n) is 11.1. The number of rotatable bonds is 6. The highest BCUT2D eigenvalue weighted by Crippen LogP contribution is 2.22. The zero-order valence-corrected chi connectivity index (χ0v) is 12.6. The lowest BCUT2D eigenvalue weighted by Crippen LogP contribution is -2.12. The van der Waals surface area contributed by atoms with Gasteiger partial charge in [0.15, 0.2) is 5.13 Å². The molecule has 0 radical (unpaired) electrons. The van der Waals surface area contributed by atoms with E-state index in [1.165, 1.54) is 11.3 Å². The standard InChI is InChI=1S/C14H15ClN2O2S/c1-10-9-11(15)4-5-12(10)19-7-2-3-13(18)17-14-16-6-8-20-14/h4-6,8-9H,2-3,7H2,1H3,(H,16,17,18). The van der Waals surface area contributed by atoms with Crippen molar-refractivity contribution in [3.8, 4) is 5.75 Å². The minimum atomic E-state index is -0.0450. The number of ether oxygens (including phenoxy) is 1. The molecule has 0 unspecified atom stereocenters. The number of aromatic nitrogens is 1. The second-order valence-electron chi connectivity index (χ2n) is 4.25. The summed E-state index contributed by atoms with van der Waals surface area (Å²) in [6, 6.07) is 5.48. The second kappa shape index (κ2) is 7.26. The maximum atomic E-state index is 11.6. The highest BCUT2D eigenvalue weighted by Gasteiger charge is 2.05. The Hall–Kier alpha value is -1.59. The number of nitrogens with zero attached hydrogens (tertiary/aromatic N) is 1. The number of carbonyl (C=O) groups is 1. The van der Waals surface area contributed by atoms with Crippen LogP contribution in [0.4, 0.5) is 5.13 Å². The molecule has 0 aliphatic carbocycles. The lowest BCUT2D eigenvalue weighted by Gasteiger charge is -2.09. The molecule has 6 heteroatoms. The molecule has 0 atom stereocenters. The lowest BCUT2D eigenvalue weighted by molar-refractivity contribution is -0.116. The average Bonchev–Trinajstić information content (AvgIpc) is 2.89. The fourth-order valence-corrected chi connectivity index (χ4v) is 2.43. The van der Waals surface area contributed by atoms with Crippen molar-refractivity contribution >= 4 is 34.0 Å². The van der Waals surface area contributed by atoms with Crippen LogP contribution < -0.4 is 10.1 Å². The molecule has 1 heterocycles. The van der Waals surface area contributed by atoms with Crippen LogP contribution in [-0.2, 0) is 4.79 Å². The normalized spacial score (nSPS) is 10.3. The van der Waals surface area contributed by atoms with Crippen LogP contribution in [0.3, 0.4) is 0 Å². The zero-order chi connectivity index (χ0) is 14.4. The predicted octanol–water partition coefficient (Wildman–Crippen LogP) is 3.90. The van der Waals surface area contributed by atoms with Crippen molar-refractivity contribution in [2.24, 2.45) is 0 Å². The number of carbonyl (C=O) groups excluding carboxylic acids is 1. The number of anilines is 1. The number of benzene rings is 1. The minimum Gasteiger partial charge on any atom is -0.493 e. The van der Waals surface area contributed by atoms with E-state index in [0.29, 0.717) is 29.6 Å². The fourth-order valence-electron chi connectivity index (χ4n) is 1.66. The summed E-state index contributed by atoms with van der Waals surface area (Å²) in [6.07, 6.45) is 2.72. The maximum absolute atomic E-state index is 11.6. The van der Waals surface area contributed by atoms with E-state index < -0.39 is 0 Å². The number of amides is 1. The van der Waals surface area contributed by atoms with Crippen molar-refractivity contribution in [3.63, 3.8) is 0 Å². The second-order valence-corrected chi connectivity index (χ2v) is 5.58. The third kappa shape index (κ3) is 4.51. The Morgan fingerprint density at radius 3 is 3.05 bits per heavy atom. The van der Waals surface area contributed by atoms with Gasteiger partial charge >= 0.3 is 0 Å². The monoisotopic (exact) mass is 310 g/mol. The Morgan fingerprint density at radius 2 is 2.35 bits per heavy atom. The van der Waals surface area contributed by atoms with E-state index in [1.807, 2.05) is 24.4 Å². The first-order valence-electron chi connectivity index (χ1n) is 6.23. The smallest absolute Gasteiger partial charge is 0.226 e. The van der Waals surface area contributed by atoms with Crippen molar-refractivity contribution < 1.29 is 9.53 Å². The highest BCUT2D eigenvalue weighted by molar-refractivity contribution is 7.13. The minimum absolute atomic E-state index is 0.0450. The third-order valence-corrected chi connectivity index (χ3v) is 3.55. The van der Waals surface area contributed by atoms with Crippen LogP contribution in [0.1, 0.15) is 18.4 Å². The first-order chi connectivity index (χ1) is 9.65. The molecule has 4 nitrogen and oxygen atoms in total. The van der Waals surface area contributed by atoms with E-state index in [0.717, 1.165) is 11.3 Å². The molecule has 1 aromatic carbocycles. The Kier molecular flexibility index (Phi) is 5.38. The predicted molar refractivity (Wildman–Crippen MR) is 81.7 cm³/mol. The lowest BCUT2D eigenvalue weighted by atomic mass is 10.2. The molecule has 0 bridgehead atoms. The van der Waals surface area contributed by atoms with Gasteiger partial charge in [0.05, 0.1) is 6.61 Å². The molecule has 0 fully saturated rings.